The molecule has 0 rings (SSSR count). The Kier molecular flexibility index (Phi) is 10.3. The molecule has 0 saturated carbocycles. The average molecular weight is 250 g/mol. The fourth-order valence-electron chi connectivity index (χ4n) is 1.33. The maximum atomic E-state index is 5.73. The van der Waals surface area contributed by atoms with E-state index in [1.54, 1.807) is 0 Å². The minimum Gasteiger partial charge on any atom is -0.351 e. The van der Waals surface area contributed by atoms with E-state index in [2.05, 4.69) is 6.92 Å². The van der Waals surface area contributed by atoms with Crippen molar-refractivity contribution in [2.75, 3.05) is 26.4 Å². The van der Waals surface area contributed by atoms with Crippen molar-refractivity contribution in [1.82, 2.24) is 0 Å². The zero-order valence-corrected chi connectivity index (χ0v) is 12.1. The van der Waals surface area contributed by atoms with Gasteiger partial charge in [0.05, 0.1) is 0 Å². The van der Waals surface area contributed by atoms with Gasteiger partial charge in [-0.15, -0.1) is 0 Å². The summed E-state index contributed by atoms with van der Waals surface area (Å²) in [6, 6.07) is 0. The molecule has 0 aromatic carbocycles. The van der Waals surface area contributed by atoms with Crippen molar-refractivity contribution in [3.05, 3.63) is 0 Å². The molecule has 0 bridgehead atoms. The molecule has 0 fully saturated rings. The first-order chi connectivity index (χ1) is 7.74. The van der Waals surface area contributed by atoms with Gasteiger partial charge in [-0.2, -0.15) is 0 Å². The molecule has 0 unspecified atom stereocenters. The van der Waals surface area contributed by atoms with Gasteiger partial charge in [0.15, 0.2) is 0 Å². The lowest BCUT2D eigenvalue weighted by atomic mass is 10.3. The lowest BCUT2D eigenvalue weighted by molar-refractivity contribution is -0.0280. The zero-order chi connectivity index (χ0) is 12.3. The molecule has 16 heavy (non-hydrogen) atoms. The average Bonchev–Trinajstić information content (AvgIpc) is 2.26. The summed E-state index contributed by atoms with van der Waals surface area (Å²) in [4.78, 5) is 0. The maximum absolute atomic E-state index is 5.73. The van der Waals surface area contributed by atoms with E-state index in [0.29, 0.717) is 26.4 Å². The Hall–Kier alpha value is 0.0569. The highest BCUT2D eigenvalue weighted by molar-refractivity contribution is 6.53. The van der Waals surface area contributed by atoms with E-state index in [9.17, 15) is 0 Å². The summed E-state index contributed by atoms with van der Waals surface area (Å²) in [5.41, 5.74) is 0. The van der Waals surface area contributed by atoms with Gasteiger partial charge >= 0.3 is 9.05 Å². The molecule has 0 aliphatic heterocycles. The molecule has 0 amide bonds. The minimum atomic E-state index is -2.85. The van der Waals surface area contributed by atoms with Crippen LogP contribution in [0.4, 0.5) is 0 Å². The van der Waals surface area contributed by atoms with Gasteiger partial charge in [0.25, 0.3) is 0 Å². The number of rotatable bonds is 11. The fourth-order valence-corrected chi connectivity index (χ4v) is 3.28. The van der Waals surface area contributed by atoms with E-state index in [1.807, 2.05) is 20.8 Å². The summed E-state index contributed by atoms with van der Waals surface area (Å²) < 4.78 is 22.4. The van der Waals surface area contributed by atoms with E-state index >= 15 is 0 Å². The Morgan fingerprint density at radius 3 is 1.56 bits per heavy atom. The van der Waals surface area contributed by atoms with E-state index in [4.69, 9.17) is 17.7 Å². The summed E-state index contributed by atoms with van der Waals surface area (Å²) >= 11 is 0. The van der Waals surface area contributed by atoms with Crippen LogP contribution in [-0.2, 0) is 17.7 Å². The second kappa shape index (κ2) is 10.2. The lowest BCUT2D eigenvalue weighted by Crippen LogP contribution is -2.49. The van der Waals surface area contributed by atoms with E-state index in [1.165, 1.54) is 6.42 Å². The highest BCUT2D eigenvalue weighted by atomic mass is 28.4. The Morgan fingerprint density at radius 2 is 1.19 bits per heavy atom. The second-order valence-electron chi connectivity index (χ2n) is 3.35. The standard InChI is InChI=1S/C11H26O4Si/c1-5-9-10-11-15-16(12-6-2,13-7-3)14-8-4/h5-11H2,1-4H3. The molecule has 0 aromatic rings. The largest absolute Gasteiger partial charge is 0.679 e. The molecule has 0 atom stereocenters. The Morgan fingerprint density at radius 1 is 0.688 bits per heavy atom. The topological polar surface area (TPSA) is 36.9 Å². The fraction of sp³-hybridized carbons (Fsp3) is 1.00. The normalized spacial score (nSPS) is 12.0. The van der Waals surface area contributed by atoms with Gasteiger partial charge < -0.3 is 17.7 Å². The van der Waals surface area contributed by atoms with Gasteiger partial charge in [0, 0.05) is 26.4 Å². The molecule has 0 aliphatic rings. The Labute approximate surface area is 101 Å². The highest BCUT2D eigenvalue weighted by Crippen LogP contribution is 2.13. The minimum absolute atomic E-state index is 0.556. The van der Waals surface area contributed by atoms with Crippen LogP contribution in [0.1, 0.15) is 47.0 Å². The predicted octanol–water partition coefficient (Wildman–Crippen LogP) is 2.74. The van der Waals surface area contributed by atoms with Crippen LogP contribution < -0.4 is 0 Å². The SMILES string of the molecule is CCCCCO[Si](OCC)(OCC)OCC. The summed E-state index contributed by atoms with van der Waals surface area (Å²) in [5.74, 6) is 0. The van der Waals surface area contributed by atoms with Gasteiger partial charge in [-0.05, 0) is 27.2 Å². The maximum Gasteiger partial charge on any atom is 0.679 e. The van der Waals surface area contributed by atoms with Crippen molar-refractivity contribution in [3.63, 3.8) is 0 Å². The van der Waals surface area contributed by atoms with Crippen LogP contribution in [0.3, 0.4) is 0 Å². The van der Waals surface area contributed by atoms with E-state index in [-0.39, 0.29) is 0 Å². The summed E-state index contributed by atoms with van der Waals surface area (Å²) in [7, 11) is -2.85. The van der Waals surface area contributed by atoms with Crippen LogP contribution >= 0.6 is 0 Å². The molecular weight excluding hydrogens is 224 g/mol. The summed E-state index contributed by atoms with van der Waals surface area (Å²) in [6.07, 6.45) is 3.36. The molecule has 0 aliphatic carbocycles. The van der Waals surface area contributed by atoms with Gasteiger partial charge in [0.1, 0.15) is 0 Å². The quantitative estimate of drug-likeness (QED) is 0.417. The van der Waals surface area contributed by atoms with Crippen molar-refractivity contribution in [1.29, 1.82) is 0 Å². The first-order valence-electron chi connectivity index (χ1n) is 6.30. The molecule has 5 heteroatoms. The molecule has 4 nitrogen and oxygen atoms in total. The zero-order valence-electron chi connectivity index (χ0n) is 11.1. The van der Waals surface area contributed by atoms with Gasteiger partial charge in [0.2, 0.25) is 0 Å². The first kappa shape index (κ1) is 16.1. The van der Waals surface area contributed by atoms with Crippen molar-refractivity contribution in [2.24, 2.45) is 0 Å². The molecule has 0 N–H and O–H groups in total. The first-order valence-corrected chi connectivity index (χ1v) is 7.93. The van der Waals surface area contributed by atoms with Crippen LogP contribution in [-0.4, -0.2) is 35.5 Å². The van der Waals surface area contributed by atoms with Crippen molar-refractivity contribution in [2.45, 2.75) is 47.0 Å². The van der Waals surface area contributed by atoms with Crippen molar-refractivity contribution in [3.8, 4) is 0 Å². The Bertz CT molecular complexity index is 138. The van der Waals surface area contributed by atoms with E-state index < -0.39 is 9.05 Å². The van der Waals surface area contributed by atoms with Crippen LogP contribution in [0.25, 0.3) is 0 Å². The van der Waals surface area contributed by atoms with Gasteiger partial charge in [-0.25, -0.2) is 0 Å². The number of hydrogen-bond donors (Lipinski definition) is 0. The van der Waals surface area contributed by atoms with Crippen molar-refractivity contribution < 1.29 is 17.7 Å². The second-order valence-corrected chi connectivity index (χ2v) is 5.51. The molecular formula is C11H26O4Si. The Balaban J connectivity index is 4.12. The van der Waals surface area contributed by atoms with Crippen LogP contribution in [0.5, 0.6) is 0 Å². The van der Waals surface area contributed by atoms with Crippen LogP contribution in [0.2, 0.25) is 0 Å². The lowest BCUT2D eigenvalue weighted by Gasteiger charge is -2.26. The van der Waals surface area contributed by atoms with Gasteiger partial charge in [-0.1, -0.05) is 19.8 Å². The van der Waals surface area contributed by atoms with E-state index in [0.717, 1.165) is 12.8 Å². The molecule has 0 heterocycles. The summed E-state index contributed by atoms with van der Waals surface area (Å²) in [6.45, 7) is 10.3. The highest BCUT2D eigenvalue weighted by Gasteiger charge is 2.44. The molecule has 0 radical (unpaired) electrons. The third-order valence-electron chi connectivity index (χ3n) is 1.99. The molecule has 0 saturated heterocycles. The number of hydrogen-bond acceptors (Lipinski definition) is 4. The smallest absolute Gasteiger partial charge is 0.351 e. The summed E-state index contributed by atoms with van der Waals surface area (Å²) in [5, 5.41) is 0. The van der Waals surface area contributed by atoms with Crippen molar-refractivity contribution >= 4 is 9.05 Å². The van der Waals surface area contributed by atoms with Crippen LogP contribution in [0, 0.1) is 0 Å². The van der Waals surface area contributed by atoms with Gasteiger partial charge in [-0.3, -0.25) is 0 Å². The number of unbranched alkanes of at least 4 members (excludes halogenated alkanes) is 2. The predicted molar refractivity (Wildman–Crippen MR) is 66.1 cm³/mol. The molecule has 0 spiro atoms. The van der Waals surface area contributed by atoms with Crippen LogP contribution in [0.15, 0.2) is 0 Å². The third kappa shape index (κ3) is 6.60. The monoisotopic (exact) mass is 250 g/mol. The molecule has 98 valence electrons. The molecule has 0 aromatic heterocycles. The third-order valence-corrected chi connectivity index (χ3v) is 4.47.